The van der Waals surface area contributed by atoms with Crippen molar-refractivity contribution in [2.75, 3.05) is 13.1 Å². The highest BCUT2D eigenvalue weighted by atomic mass is 16.7. The average molecular weight is 541 g/mol. The maximum atomic E-state index is 9.53. The summed E-state index contributed by atoms with van der Waals surface area (Å²) in [5, 5.41) is 9.53. The van der Waals surface area contributed by atoms with Gasteiger partial charge in [-0.15, -0.1) is 0 Å². The van der Waals surface area contributed by atoms with Crippen LogP contribution in [0, 0.1) is 10.8 Å². The minimum absolute atomic E-state index is 0.0478. The molecule has 3 aliphatic rings. The van der Waals surface area contributed by atoms with Gasteiger partial charge in [0.25, 0.3) is 0 Å². The van der Waals surface area contributed by atoms with Crippen molar-refractivity contribution in [1.82, 2.24) is 4.90 Å². The van der Waals surface area contributed by atoms with E-state index in [0.717, 1.165) is 52.9 Å². The molecule has 0 spiro atoms. The van der Waals surface area contributed by atoms with E-state index in [1.165, 1.54) is 19.3 Å². The van der Waals surface area contributed by atoms with Gasteiger partial charge >= 0.3 is 0 Å². The van der Waals surface area contributed by atoms with Crippen molar-refractivity contribution in [3.8, 4) is 11.1 Å². The Labute approximate surface area is 239 Å². The Morgan fingerprint density at radius 1 is 0.875 bits per heavy atom. The van der Waals surface area contributed by atoms with Crippen LogP contribution >= 0.6 is 0 Å². The number of rotatable bonds is 7. The van der Waals surface area contributed by atoms with Gasteiger partial charge in [-0.25, -0.2) is 0 Å². The number of ether oxygens (including phenoxy) is 2. The summed E-state index contributed by atoms with van der Waals surface area (Å²) in [6, 6.07) is 25.8. The number of aliphatic hydroxyl groups is 1. The lowest BCUT2D eigenvalue weighted by atomic mass is 9.65. The highest BCUT2D eigenvalue weighted by molar-refractivity contribution is 5.64. The fourth-order valence-corrected chi connectivity index (χ4v) is 7.80. The van der Waals surface area contributed by atoms with E-state index < -0.39 is 6.29 Å². The van der Waals surface area contributed by atoms with Gasteiger partial charge in [-0.3, -0.25) is 4.90 Å². The molecular weight excluding hydrogens is 496 g/mol. The van der Waals surface area contributed by atoms with Crippen LogP contribution in [0.1, 0.15) is 81.1 Å². The Morgan fingerprint density at radius 3 is 2.35 bits per heavy atom. The molecule has 2 aliphatic heterocycles. The van der Waals surface area contributed by atoms with Gasteiger partial charge in [0.15, 0.2) is 6.29 Å². The fourth-order valence-electron chi connectivity index (χ4n) is 7.80. The number of benzene rings is 3. The second-order valence-corrected chi connectivity index (χ2v) is 13.5. The van der Waals surface area contributed by atoms with E-state index in [1.54, 1.807) is 0 Å². The van der Waals surface area contributed by atoms with Crippen LogP contribution in [0.2, 0.25) is 0 Å². The van der Waals surface area contributed by atoms with E-state index in [1.807, 2.05) is 12.1 Å². The molecule has 0 radical (unpaired) electrons. The normalized spacial score (nSPS) is 29.9. The van der Waals surface area contributed by atoms with Crippen LogP contribution in [0.15, 0.2) is 72.8 Å². The first-order valence-electron chi connectivity index (χ1n) is 14.9. The number of likely N-dealkylation sites (tertiary alicyclic amines) is 1. The zero-order chi connectivity index (χ0) is 27.9. The first-order chi connectivity index (χ1) is 19.2. The lowest BCUT2D eigenvalue weighted by Gasteiger charge is -2.41. The molecule has 212 valence electrons. The van der Waals surface area contributed by atoms with Crippen molar-refractivity contribution in [3.63, 3.8) is 0 Å². The maximum Gasteiger partial charge on any atom is 0.184 e. The van der Waals surface area contributed by atoms with Crippen LogP contribution in [-0.2, 0) is 22.6 Å². The van der Waals surface area contributed by atoms with Crippen LogP contribution < -0.4 is 5.73 Å². The molecule has 1 aliphatic carbocycles. The number of hydrogen-bond acceptors (Lipinski definition) is 5. The molecule has 2 bridgehead atoms. The molecule has 3 N–H and O–H groups in total. The molecular formula is C35H44N2O3. The summed E-state index contributed by atoms with van der Waals surface area (Å²) in [5.74, 6) is 0. The van der Waals surface area contributed by atoms with Crippen molar-refractivity contribution in [3.05, 3.63) is 95.1 Å². The van der Waals surface area contributed by atoms with E-state index in [9.17, 15) is 5.11 Å². The van der Waals surface area contributed by atoms with Crippen molar-refractivity contribution < 1.29 is 14.6 Å². The van der Waals surface area contributed by atoms with E-state index in [2.05, 4.69) is 86.3 Å². The third-order valence-electron chi connectivity index (χ3n) is 9.26. The Kier molecular flexibility index (Phi) is 7.62. The summed E-state index contributed by atoms with van der Waals surface area (Å²) < 4.78 is 13.4. The first kappa shape index (κ1) is 27.6. The number of hydrogen-bond donors (Lipinski definition) is 2. The van der Waals surface area contributed by atoms with Crippen LogP contribution in [0.5, 0.6) is 0 Å². The molecule has 2 heterocycles. The first-order valence-corrected chi connectivity index (χ1v) is 14.9. The van der Waals surface area contributed by atoms with Crippen molar-refractivity contribution >= 4 is 0 Å². The highest BCUT2D eigenvalue weighted by Gasteiger charge is 2.50. The molecule has 0 amide bonds. The molecule has 5 heteroatoms. The Bertz CT molecular complexity index is 1300. The Balaban J connectivity index is 1.24. The quantitative estimate of drug-likeness (QED) is 0.347. The molecule has 3 fully saturated rings. The number of aliphatic hydroxyl groups excluding tert-OH is 1. The molecule has 40 heavy (non-hydrogen) atoms. The molecule has 2 saturated heterocycles. The molecule has 0 aromatic heterocycles. The topological polar surface area (TPSA) is 68.0 Å². The monoisotopic (exact) mass is 540 g/mol. The summed E-state index contributed by atoms with van der Waals surface area (Å²) in [7, 11) is 0. The SMILES string of the molecule is CC1(C)CC2CC(C)(CN2CC2CC(c3ccc(CO)cc3)OC(c3ccc(-c4cccc(CN)c4)cc3)O2)C1. The molecule has 6 rings (SSSR count). The second-order valence-electron chi connectivity index (χ2n) is 13.5. The molecule has 5 atom stereocenters. The third kappa shape index (κ3) is 5.90. The second kappa shape index (κ2) is 11.0. The van der Waals surface area contributed by atoms with Gasteiger partial charge in [-0.2, -0.15) is 0 Å². The van der Waals surface area contributed by atoms with E-state index >= 15 is 0 Å². The predicted molar refractivity (Wildman–Crippen MR) is 159 cm³/mol. The standard InChI is InChI=1S/C35H44N2O3/c1-34(2)17-30-18-35(3,22-34)23-37(30)20-31-16-32(27-9-7-24(21-38)8-10-27)40-33(39-31)28-13-11-26(12-14-28)29-6-4-5-25(15-29)19-36/h4-15,30-33,38H,16-23,36H2,1-3H3. The van der Waals surface area contributed by atoms with E-state index in [0.29, 0.717) is 23.4 Å². The van der Waals surface area contributed by atoms with Crippen molar-refractivity contribution in [1.29, 1.82) is 0 Å². The van der Waals surface area contributed by atoms with Gasteiger partial charge in [-0.05, 0) is 64.0 Å². The van der Waals surface area contributed by atoms with Crippen LogP contribution in [0.25, 0.3) is 11.1 Å². The zero-order valence-electron chi connectivity index (χ0n) is 24.2. The molecule has 5 nitrogen and oxygen atoms in total. The van der Waals surface area contributed by atoms with Gasteiger partial charge in [0.1, 0.15) is 0 Å². The maximum absolute atomic E-state index is 9.53. The largest absolute Gasteiger partial charge is 0.392 e. The van der Waals surface area contributed by atoms with Gasteiger partial charge in [0.05, 0.1) is 18.8 Å². The lowest BCUT2D eigenvalue weighted by Crippen LogP contribution is -2.42. The summed E-state index contributed by atoms with van der Waals surface area (Å²) >= 11 is 0. The smallest absolute Gasteiger partial charge is 0.184 e. The fraction of sp³-hybridized carbons (Fsp3) is 0.486. The minimum atomic E-state index is -0.431. The average Bonchev–Trinajstić information content (AvgIpc) is 3.20. The molecule has 3 aromatic carbocycles. The van der Waals surface area contributed by atoms with Gasteiger partial charge < -0.3 is 20.3 Å². The number of nitrogens with zero attached hydrogens (tertiary/aromatic N) is 1. The Morgan fingerprint density at radius 2 is 1.62 bits per heavy atom. The third-order valence-corrected chi connectivity index (χ3v) is 9.26. The molecule has 1 saturated carbocycles. The van der Waals surface area contributed by atoms with E-state index in [-0.39, 0.29) is 18.8 Å². The molecule has 5 unspecified atom stereocenters. The lowest BCUT2D eigenvalue weighted by molar-refractivity contribution is -0.253. The summed E-state index contributed by atoms with van der Waals surface area (Å²) in [6.07, 6.45) is 4.25. The van der Waals surface area contributed by atoms with Crippen LogP contribution in [0.4, 0.5) is 0 Å². The molecule has 3 aromatic rings. The summed E-state index contributed by atoms with van der Waals surface area (Å²) in [6.45, 7) is 10.0. The van der Waals surface area contributed by atoms with Crippen molar-refractivity contribution in [2.45, 2.75) is 84.1 Å². The summed E-state index contributed by atoms with van der Waals surface area (Å²) in [4.78, 5) is 2.71. The van der Waals surface area contributed by atoms with Gasteiger partial charge in [0, 0.05) is 37.7 Å². The number of fused-ring (bicyclic) bond motifs is 2. The Hall–Kier alpha value is -2.54. The summed E-state index contributed by atoms with van der Waals surface area (Å²) in [5.41, 5.74) is 13.2. The van der Waals surface area contributed by atoms with Crippen LogP contribution in [0.3, 0.4) is 0 Å². The van der Waals surface area contributed by atoms with Gasteiger partial charge in [0.2, 0.25) is 0 Å². The predicted octanol–water partition coefficient (Wildman–Crippen LogP) is 6.75. The van der Waals surface area contributed by atoms with Gasteiger partial charge in [-0.1, -0.05) is 87.5 Å². The minimum Gasteiger partial charge on any atom is -0.392 e. The van der Waals surface area contributed by atoms with E-state index in [4.69, 9.17) is 15.2 Å². The highest BCUT2D eigenvalue weighted by Crippen LogP contribution is 2.53. The van der Waals surface area contributed by atoms with Crippen molar-refractivity contribution in [2.24, 2.45) is 16.6 Å². The van der Waals surface area contributed by atoms with Crippen LogP contribution in [-0.4, -0.2) is 35.2 Å². The zero-order valence-corrected chi connectivity index (χ0v) is 24.2. The number of nitrogens with two attached hydrogens (primary N) is 1.